The maximum atomic E-state index is 11.0. The number of anilines is 1. The molecule has 1 aromatic rings. The van der Waals surface area contributed by atoms with Crippen molar-refractivity contribution in [2.45, 2.75) is 34.1 Å². The van der Waals surface area contributed by atoms with Gasteiger partial charge in [0.05, 0.1) is 13.5 Å². The van der Waals surface area contributed by atoms with Gasteiger partial charge in [0.15, 0.2) is 0 Å². The lowest BCUT2D eigenvalue weighted by atomic mass is 9.98. The molecule has 0 aliphatic carbocycles. The smallest absolute Gasteiger partial charge is 0.307 e. The Labute approximate surface area is 103 Å². The van der Waals surface area contributed by atoms with Crippen LogP contribution in [0.2, 0.25) is 0 Å². The fraction of sp³-hybridized carbons (Fsp3) is 0.500. The highest BCUT2D eigenvalue weighted by atomic mass is 16.5. The van der Waals surface area contributed by atoms with Crippen molar-refractivity contribution >= 4 is 11.7 Å². The van der Waals surface area contributed by atoms with Crippen LogP contribution in [0.4, 0.5) is 5.69 Å². The number of carbonyl (C=O) groups excluding carboxylic acids is 1. The number of benzene rings is 1. The molecule has 0 unspecified atom stereocenters. The van der Waals surface area contributed by atoms with Gasteiger partial charge in [-0.2, -0.15) is 0 Å². The summed E-state index contributed by atoms with van der Waals surface area (Å²) in [4.78, 5) is 11.0. The van der Waals surface area contributed by atoms with E-state index in [1.54, 1.807) is 0 Å². The molecule has 0 aliphatic rings. The van der Waals surface area contributed by atoms with Gasteiger partial charge in [-0.25, -0.2) is 0 Å². The molecule has 1 aromatic carbocycles. The predicted octanol–water partition coefficient (Wildman–Crippen LogP) is 2.90. The molecule has 94 valence electrons. The molecule has 0 radical (unpaired) electrons. The van der Waals surface area contributed by atoms with Crippen LogP contribution in [0.15, 0.2) is 6.07 Å². The van der Waals surface area contributed by atoms with Crippen molar-refractivity contribution in [2.75, 3.05) is 19.0 Å². The molecule has 0 atom stereocenters. The van der Waals surface area contributed by atoms with Crippen molar-refractivity contribution < 1.29 is 9.53 Å². The molecule has 0 heterocycles. The SMILES string of the molecule is COC(=O)CCNc1c(C)c(C)cc(C)c1C. The summed E-state index contributed by atoms with van der Waals surface area (Å²) in [5.41, 5.74) is 6.18. The molecule has 0 aliphatic heterocycles. The second-order valence-electron chi connectivity index (χ2n) is 4.39. The van der Waals surface area contributed by atoms with Crippen LogP contribution in [0.3, 0.4) is 0 Å². The lowest BCUT2D eigenvalue weighted by Gasteiger charge is -2.16. The Morgan fingerprint density at radius 1 is 1.18 bits per heavy atom. The maximum absolute atomic E-state index is 11.0. The van der Waals surface area contributed by atoms with Gasteiger partial charge in [-0.3, -0.25) is 4.79 Å². The third-order valence-electron chi connectivity index (χ3n) is 3.22. The number of esters is 1. The van der Waals surface area contributed by atoms with E-state index in [2.05, 4.69) is 43.8 Å². The average Bonchev–Trinajstić information content (AvgIpc) is 2.30. The van der Waals surface area contributed by atoms with Gasteiger partial charge in [-0.1, -0.05) is 6.07 Å². The van der Waals surface area contributed by atoms with E-state index in [4.69, 9.17) is 0 Å². The fourth-order valence-electron chi connectivity index (χ4n) is 1.87. The quantitative estimate of drug-likeness (QED) is 0.815. The zero-order valence-corrected chi connectivity index (χ0v) is 11.3. The number of rotatable bonds is 4. The molecule has 0 fully saturated rings. The highest BCUT2D eigenvalue weighted by molar-refractivity contribution is 5.70. The Morgan fingerprint density at radius 2 is 1.71 bits per heavy atom. The van der Waals surface area contributed by atoms with Crippen LogP contribution >= 0.6 is 0 Å². The zero-order valence-electron chi connectivity index (χ0n) is 11.3. The van der Waals surface area contributed by atoms with Crippen LogP contribution in [-0.4, -0.2) is 19.6 Å². The van der Waals surface area contributed by atoms with Gasteiger partial charge in [0, 0.05) is 12.2 Å². The van der Waals surface area contributed by atoms with E-state index in [0.29, 0.717) is 13.0 Å². The molecule has 0 saturated carbocycles. The van der Waals surface area contributed by atoms with Crippen molar-refractivity contribution in [3.63, 3.8) is 0 Å². The van der Waals surface area contributed by atoms with Gasteiger partial charge >= 0.3 is 5.97 Å². The highest BCUT2D eigenvalue weighted by Gasteiger charge is 2.08. The molecule has 3 nitrogen and oxygen atoms in total. The van der Waals surface area contributed by atoms with Crippen LogP contribution in [0.5, 0.6) is 0 Å². The van der Waals surface area contributed by atoms with Gasteiger partial charge < -0.3 is 10.1 Å². The normalized spacial score (nSPS) is 10.2. The van der Waals surface area contributed by atoms with E-state index in [1.807, 2.05) is 0 Å². The molecular weight excluding hydrogens is 214 g/mol. The summed E-state index contributed by atoms with van der Waals surface area (Å²) in [6.07, 6.45) is 0.391. The number of nitrogens with one attached hydrogen (secondary N) is 1. The van der Waals surface area contributed by atoms with Crippen molar-refractivity contribution in [2.24, 2.45) is 0 Å². The molecule has 17 heavy (non-hydrogen) atoms. The molecular formula is C14H21NO2. The van der Waals surface area contributed by atoms with Gasteiger partial charge in [0.1, 0.15) is 0 Å². The van der Waals surface area contributed by atoms with Crippen molar-refractivity contribution in [3.05, 3.63) is 28.3 Å². The molecule has 1 rings (SSSR count). The van der Waals surface area contributed by atoms with Crippen LogP contribution in [-0.2, 0) is 9.53 Å². The summed E-state index contributed by atoms with van der Waals surface area (Å²) < 4.78 is 4.62. The zero-order chi connectivity index (χ0) is 13.0. The van der Waals surface area contributed by atoms with Gasteiger partial charge in [0.25, 0.3) is 0 Å². The molecule has 0 saturated heterocycles. The molecule has 3 heteroatoms. The average molecular weight is 235 g/mol. The second kappa shape index (κ2) is 5.71. The Hall–Kier alpha value is -1.51. The highest BCUT2D eigenvalue weighted by Crippen LogP contribution is 2.26. The minimum atomic E-state index is -0.183. The van der Waals surface area contributed by atoms with E-state index in [0.717, 1.165) is 5.69 Å². The number of ether oxygens (including phenoxy) is 1. The fourth-order valence-corrected chi connectivity index (χ4v) is 1.87. The maximum Gasteiger partial charge on any atom is 0.307 e. The van der Waals surface area contributed by atoms with Gasteiger partial charge in [0.2, 0.25) is 0 Å². The topological polar surface area (TPSA) is 38.3 Å². The largest absolute Gasteiger partial charge is 0.469 e. The Balaban J connectivity index is 2.80. The summed E-state index contributed by atoms with van der Waals surface area (Å²) >= 11 is 0. The number of aryl methyl sites for hydroxylation is 2. The van der Waals surface area contributed by atoms with Crippen LogP contribution in [0, 0.1) is 27.7 Å². The van der Waals surface area contributed by atoms with Crippen LogP contribution < -0.4 is 5.32 Å². The predicted molar refractivity (Wildman–Crippen MR) is 70.5 cm³/mol. The number of hydrogen-bond donors (Lipinski definition) is 1. The van der Waals surface area contributed by atoms with Crippen molar-refractivity contribution in [3.8, 4) is 0 Å². The Kier molecular flexibility index (Phi) is 4.55. The van der Waals surface area contributed by atoms with Gasteiger partial charge in [-0.05, 0) is 49.9 Å². The first-order valence-electron chi connectivity index (χ1n) is 5.85. The summed E-state index contributed by atoms with van der Waals surface area (Å²) in [6.45, 7) is 9.02. The first-order valence-corrected chi connectivity index (χ1v) is 5.85. The van der Waals surface area contributed by atoms with E-state index in [1.165, 1.54) is 29.4 Å². The van der Waals surface area contributed by atoms with E-state index < -0.39 is 0 Å². The third kappa shape index (κ3) is 3.22. The second-order valence-corrected chi connectivity index (χ2v) is 4.39. The minimum Gasteiger partial charge on any atom is -0.469 e. The minimum absolute atomic E-state index is 0.183. The molecule has 0 amide bonds. The van der Waals surface area contributed by atoms with Crippen LogP contribution in [0.1, 0.15) is 28.7 Å². The Bertz CT molecular complexity index is 398. The summed E-state index contributed by atoms with van der Waals surface area (Å²) in [5, 5.41) is 3.33. The number of carbonyl (C=O) groups is 1. The van der Waals surface area contributed by atoms with E-state index in [9.17, 15) is 4.79 Å². The molecule has 0 spiro atoms. The van der Waals surface area contributed by atoms with Crippen molar-refractivity contribution in [1.29, 1.82) is 0 Å². The first-order chi connectivity index (χ1) is 7.97. The van der Waals surface area contributed by atoms with Crippen LogP contribution in [0.25, 0.3) is 0 Å². The summed E-state index contributed by atoms with van der Waals surface area (Å²) in [6, 6.07) is 2.19. The van der Waals surface area contributed by atoms with Gasteiger partial charge in [-0.15, -0.1) is 0 Å². The number of methoxy groups -OCH3 is 1. The third-order valence-corrected chi connectivity index (χ3v) is 3.22. The van der Waals surface area contributed by atoms with E-state index in [-0.39, 0.29) is 5.97 Å². The first kappa shape index (κ1) is 13.6. The van der Waals surface area contributed by atoms with E-state index >= 15 is 0 Å². The lowest BCUT2D eigenvalue weighted by Crippen LogP contribution is -2.12. The molecule has 1 N–H and O–H groups in total. The lowest BCUT2D eigenvalue weighted by molar-refractivity contribution is -0.140. The molecule has 0 bridgehead atoms. The standard InChI is InChI=1S/C14H21NO2/c1-9-8-10(2)12(4)14(11(9)3)15-7-6-13(16)17-5/h8,15H,6-7H2,1-5H3. The Morgan fingerprint density at radius 3 is 2.18 bits per heavy atom. The number of hydrogen-bond acceptors (Lipinski definition) is 3. The van der Waals surface area contributed by atoms with Crippen molar-refractivity contribution in [1.82, 2.24) is 0 Å². The monoisotopic (exact) mass is 235 g/mol. The summed E-state index contributed by atoms with van der Waals surface area (Å²) in [5.74, 6) is -0.183. The summed E-state index contributed by atoms with van der Waals surface area (Å²) in [7, 11) is 1.41. The molecule has 0 aromatic heterocycles.